The van der Waals surface area contributed by atoms with Crippen LogP contribution in [0.5, 0.6) is 0 Å². The molecule has 1 aliphatic rings. The van der Waals surface area contributed by atoms with Gasteiger partial charge in [0, 0.05) is 52.2 Å². The molecule has 2 heterocycles. The Morgan fingerprint density at radius 3 is 2.29 bits per heavy atom. The second-order valence-electron chi connectivity index (χ2n) is 7.67. The molecule has 1 aromatic carbocycles. The lowest BCUT2D eigenvalue weighted by Gasteiger charge is -2.32. The van der Waals surface area contributed by atoms with E-state index in [1.54, 1.807) is 4.57 Å². The highest BCUT2D eigenvalue weighted by Crippen LogP contribution is 2.13. The van der Waals surface area contributed by atoms with E-state index >= 15 is 0 Å². The number of piperazine rings is 1. The molecule has 0 unspecified atom stereocenters. The lowest BCUT2D eigenvalue weighted by atomic mass is 10.3. The summed E-state index contributed by atoms with van der Waals surface area (Å²) in [6.45, 7) is 9.35. The maximum Gasteiger partial charge on any atom is 0.329 e. The number of likely N-dealkylation sites (N-methyl/N-ethyl adjacent to an activating group) is 1. The second-order valence-corrected chi connectivity index (χ2v) is 7.67. The highest BCUT2D eigenvalue weighted by Gasteiger charge is 2.14. The van der Waals surface area contributed by atoms with Gasteiger partial charge in [0.25, 0.3) is 0 Å². The number of amides is 1. The number of rotatable bonds is 9. The third-order valence-electron chi connectivity index (χ3n) is 5.50. The first-order valence-electron chi connectivity index (χ1n) is 10.5. The van der Waals surface area contributed by atoms with Gasteiger partial charge in [-0.2, -0.15) is 0 Å². The van der Waals surface area contributed by atoms with E-state index in [0.717, 1.165) is 56.6 Å². The van der Waals surface area contributed by atoms with Gasteiger partial charge in [0.15, 0.2) is 0 Å². The summed E-state index contributed by atoms with van der Waals surface area (Å²) < 4.78 is 3.54. The van der Waals surface area contributed by atoms with Gasteiger partial charge >= 0.3 is 5.69 Å². The molecule has 1 fully saturated rings. The molecule has 0 atom stereocenters. The van der Waals surface area contributed by atoms with Crippen LogP contribution in [0.1, 0.15) is 26.2 Å². The van der Waals surface area contributed by atoms with Gasteiger partial charge in [0.05, 0.1) is 11.0 Å². The predicted molar refractivity (Wildman–Crippen MR) is 113 cm³/mol. The molecule has 3 rings (SSSR count). The molecule has 0 radical (unpaired) electrons. The van der Waals surface area contributed by atoms with Crippen molar-refractivity contribution in [2.24, 2.45) is 0 Å². The van der Waals surface area contributed by atoms with Gasteiger partial charge in [-0.05, 0) is 38.6 Å². The maximum absolute atomic E-state index is 12.7. The van der Waals surface area contributed by atoms with E-state index in [4.69, 9.17) is 0 Å². The van der Waals surface area contributed by atoms with Gasteiger partial charge in [-0.15, -0.1) is 0 Å². The van der Waals surface area contributed by atoms with Crippen LogP contribution in [0.2, 0.25) is 0 Å². The standard InChI is InChI=1S/C21H33N5O2/c1-3-11-25-18-7-4-5-8-19(18)26(21(25)28)13-9-20(27)22-10-6-12-24-16-14-23(2)15-17-24/h4-5,7-8H,3,6,9-17H2,1-2H3,(H,22,27). The number of hydrogen-bond acceptors (Lipinski definition) is 4. The number of carbonyl (C=O) groups excluding carboxylic acids is 1. The van der Waals surface area contributed by atoms with Crippen molar-refractivity contribution in [3.8, 4) is 0 Å². The van der Waals surface area contributed by atoms with Crippen LogP contribution in [0.25, 0.3) is 11.0 Å². The number of benzene rings is 1. The second kappa shape index (κ2) is 9.89. The minimum Gasteiger partial charge on any atom is -0.356 e. The van der Waals surface area contributed by atoms with Gasteiger partial charge in [-0.1, -0.05) is 19.1 Å². The average Bonchev–Trinajstić information content (AvgIpc) is 2.97. The lowest BCUT2D eigenvalue weighted by molar-refractivity contribution is -0.121. The number of aromatic nitrogens is 2. The molecular formula is C21H33N5O2. The third kappa shape index (κ3) is 5.02. The van der Waals surface area contributed by atoms with E-state index in [0.29, 0.717) is 26.1 Å². The van der Waals surface area contributed by atoms with E-state index in [2.05, 4.69) is 29.1 Å². The Morgan fingerprint density at radius 1 is 1.00 bits per heavy atom. The molecule has 1 aromatic heterocycles. The smallest absolute Gasteiger partial charge is 0.329 e. The van der Waals surface area contributed by atoms with Crippen molar-refractivity contribution in [3.63, 3.8) is 0 Å². The van der Waals surface area contributed by atoms with Crippen molar-refractivity contribution >= 4 is 16.9 Å². The van der Waals surface area contributed by atoms with Gasteiger partial charge in [0.1, 0.15) is 0 Å². The number of fused-ring (bicyclic) bond motifs is 1. The van der Waals surface area contributed by atoms with Crippen molar-refractivity contribution in [2.75, 3.05) is 46.3 Å². The molecule has 2 aromatic rings. The molecule has 1 amide bonds. The van der Waals surface area contributed by atoms with Gasteiger partial charge in [-0.25, -0.2) is 4.79 Å². The Bertz CT molecular complexity index is 833. The fourth-order valence-electron chi connectivity index (χ4n) is 3.83. The number of para-hydroxylation sites is 2. The summed E-state index contributed by atoms with van der Waals surface area (Å²) >= 11 is 0. The van der Waals surface area contributed by atoms with Crippen LogP contribution in [-0.4, -0.2) is 71.2 Å². The summed E-state index contributed by atoms with van der Waals surface area (Å²) in [5.74, 6) is 0.0117. The molecular weight excluding hydrogens is 354 g/mol. The fraction of sp³-hybridized carbons (Fsp3) is 0.619. The topological polar surface area (TPSA) is 62.5 Å². The van der Waals surface area contributed by atoms with Crippen molar-refractivity contribution in [2.45, 2.75) is 39.3 Å². The van der Waals surface area contributed by atoms with Crippen LogP contribution in [0.15, 0.2) is 29.1 Å². The molecule has 0 spiro atoms. The van der Waals surface area contributed by atoms with E-state index in [1.807, 2.05) is 28.8 Å². The number of hydrogen-bond donors (Lipinski definition) is 1. The van der Waals surface area contributed by atoms with Crippen LogP contribution in [0.3, 0.4) is 0 Å². The number of aryl methyl sites for hydroxylation is 2. The molecule has 1 aliphatic heterocycles. The van der Waals surface area contributed by atoms with Crippen molar-refractivity contribution in [1.82, 2.24) is 24.3 Å². The first kappa shape index (κ1) is 20.6. The van der Waals surface area contributed by atoms with E-state index < -0.39 is 0 Å². The summed E-state index contributed by atoms with van der Waals surface area (Å²) in [4.78, 5) is 29.8. The number of carbonyl (C=O) groups is 1. The highest BCUT2D eigenvalue weighted by atomic mass is 16.2. The van der Waals surface area contributed by atoms with E-state index in [9.17, 15) is 9.59 Å². The van der Waals surface area contributed by atoms with Gasteiger partial charge in [0.2, 0.25) is 5.91 Å². The summed E-state index contributed by atoms with van der Waals surface area (Å²) in [5, 5.41) is 3.00. The first-order valence-corrected chi connectivity index (χ1v) is 10.5. The molecule has 7 nitrogen and oxygen atoms in total. The number of nitrogens with one attached hydrogen (secondary N) is 1. The molecule has 7 heteroatoms. The normalized spacial score (nSPS) is 15.9. The molecule has 28 heavy (non-hydrogen) atoms. The SMILES string of the molecule is CCCn1c(=O)n(CCC(=O)NCCCN2CCN(C)CC2)c2ccccc21. The van der Waals surface area contributed by atoms with Crippen LogP contribution in [0, 0.1) is 0 Å². The Labute approximate surface area is 166 Å². The minimum absolute atomic E-state index is 0.0117. The summed E-state index contributed by atoms with van der Waals surface area (Å²) in [5.41, 5.74) is 1.83. The predicted octanol–water partition coefficient (Wildman–Crippen LogP) is 1.36. The number of nitrogens with zero attached hydrogens (tertiary/aromatic N) is 4. The van der Waals surface area contributed by atoms with Crippen LogP contribution in [0.4, 0.5) is 0 Å². The summed E-state index contributed by atoms with van der Waals surface area (Å²) in [7, 11) is 2.16. The number of imidazole rings is 1. The molecule has 0 aliphatic carbocycles. The maximum atomic E-state index is 12.7. The molecule has 154 valence electrons. The van der Waals surface area contributed by atoms with Gasteiger partial charge < -0.3 is 15.1 Å². The quantitative estimate of drug-likeness (QED) is 0.660. The highest BCUT2D eigenvalue weighted by molar-refractivity contribution is 5.77. The Hall–Kier alpha value is -2.12. The fourth-order valence-corrected chi connectivity index (χ4v) is 3.83. The van der Waals surface area contributed by atoms with Crippen LogP contribution < -0.4 is 11.0 Å². The Balaban J connectivity index is 1.47. The zero-order valence-corrected chi connectivity index (χ0v) is 17.2. The Morgan fingerprint density at radius 2 is 1.64 bits per heavy atom. The average molecular weight is 388 g/mol. The van der Waals surface area contributed by atoms with Crippen molar-refractivity contribution in [3.05, 3.63) is 34.7 Å². The molecule has 1 saturated heterocycles. The zero-order valence-electron chi connectivity index (χ0n) is 17.2. The van der Waals surface area contributed by atoms with E-state index in [1.165, 1.54) is 0 Å². The zero-order chi connectivity index (χ0) is 19.9. The van der Waals surface area contributed by atoms with E-state index in [-0.39, 0.29) is 11.6 Å². The third-order valence-corrected chi connectivity index (χ3v) is 5.50. The van der Waals surface area contributed by atoms with Crippen LogP contribution >= 0.6 is 0 Å². The monoisotopic (exact) mass is 387 g/mol. The Kier molecular flexibility index (Phi) is 7.28. The summed E-state index contributed by atoms with van der Waals surface area (Å²) in [6, 6.07) is 7.82. The van der Waals surface area contributed by atoms with Crippen molar-refractivity contribution < 1.29 is 4.79 Å². The lowest BCUT2D eigenvalue weighted by Crippen LogP contribution is -2.45. The van der Waals surface area contributed by atoms with Gasteiger partial charge in [-0.3, -0.25) is 13.9 Å². The molecule has 0 bridgehead atoms. The van der Waals surface area contributed by atoms with Crippen LogP contribution in [-0.2, 0) is 17.9 Å². The molecule has 0 saturated carbocycles. The minimum atomic E-state index is -0.0223. The largest absolute Gasteiger partial charge is 0.356 e. The summed E-state index contributed by atoms with van der Waals surface area (Å²) in [6.07, 6.45) is 2.20. The van der Waals surface area contributed by atoms with Crippen molar-refractivity contribution in [1.29, 1.82) is 0 Å². The molecule has 1 N–H and O–H groups in total. The first-order chi connectivity index (χ1) is 13.6.